The quantitative estimate of drug-likeness (QED) is 0.429. The Hall–Kier alpha value is -0.700. The van der Waals surface area contributed by atoms with Crippen molar-refractivity contribution in [1.82, 2.24) is 0 Å². The Morgan fingerprint density at radius 2 is 1.17 bits per heavy atom. The fourth-order valence-electron chi connectivity index (χ4n) is 5.84. The van der Waals surface area contributed by atoms with E-state index in [9.17, 15) is 0 Å². The van der Waals surface area contributed by atoms with E-state index in [1.165, 1.54) is 19.3 Å². The standard InChI is InChI=1S/C27H40P2/c1-21(24-19-14-20-25(24)29(26(2,3)4)27(5,6)7)28(22-15-10-8-11-16-22)23-17-12-9-13-18-23/h8-13,15-18,21,24-25H,14,19-20H2,1-7H3. The molecule has 1 saturated carbocycles. The Labute approximate surface area is 182 Å². The predicted molar refractivity (Wildman–Crippen MR) is 136 cm³/mol. The van der Waals surface area contributed by atoms with Crippen LogP contribution in [0.4, 0.5) is 0 Å². The molecule has 158 valence electrons. The average Bonchev–Trinajstić information content (AvgIpc) is 3.10. The van der Waals surface area contributed by atoms with Crippen molar-refractivity contribution in [2.45, 2.75) is 89.4 Å². The second-order valence-electron chi connectivity index (χ2n) is 10.7. The third-order valence-electron chi connectivity index (χ3n) is 6.40. The summed E-state index contributed by atoms with van der Waals surface area (Å²) >= 11 is 0. The molecule has 0 radical (unpaired) electrons. The number of benzene rings is 2. The maximum atomic E-state index is 2.58. The summed E-state index contributed by atoms with van der Waals surface area (Å²) in [6.45, 7) is 17.6. The van der Waals surface area contributed by atoms with Gasteiger partial charge in [-0.1, -0.05) is 123 Å². The lowest BCUT2D eigenvalue weighted by molar-refractivity contribution is 0.531. The van der Waals surface area contributed by atoms with Gasteiger partial charge in [0.1, 0.15) is 0 Å². The van der Waals surface area contributed by atoms with Gasteiger partial charge >= 0.3 is 0 Å². The molecule has 3 atom stereocenters. The van der Waals surface area contributed by atoms with Crippen LogP contribution in [0.3, 0.4) is 0 Å². The van der Waals surface area contributed by atoms with E-state index in [0.717, 1.165) is 17.2 Å². The van der Waals surface area contributed by atoms with Crippen molar-refractivity contribution in [1.29, 1.82) is 0 Å². The van der Waals surface area contributed by atoms with Crippen LogP contribution >= 0.6 is 15.8 Å². The van der Waals surface area contributed by atoms with Gasteiger partial charge in [-0.05, 0) is 58.9 Å². The van der Waals surface area contributed by atoms with Crippen LogP contribution in [0.15, 0.2) is 60.7 Å². The van der Waals surface area contributed by atoms with Gasteiger partial charge in [0.05, 0.1) is 0 Å². The Kier molecular flexibility index (Phi) is 7.29. The largest absolute Gasteiger partial charge is 0.0921 e. The molecule has 2 aromatic carbocycles. The monoisotopic (exact) mass is 426 g/mol. The van der Waals surface area contributed by atoms with Crippen LogP contribution in [-0.4, -0.2) is 21.6 Å². The summed E-state index contributed by atoms with van der Waals surface area (Å²) in [5.74, 6) is 0.839. The van der Waals surface area contributed by atoms with E-state index in [1.54, 1.807) is 10.6 Å². The molecule has 2 aromatic rings. The van der Waals surface area contributed by atoms with E-state index in [-0.39, 0.29) is 15.8 Å². The molecule has 2 heteroatoms. The molecule has 1 fully saturated rings. The minimum absolute atomic E-state index is 0.0678. The lowest BCUT2D eigenvalue weighted by Crippen LogP contribution is -2.37. The molecule has 0 saturated heterocycles. The van der Waals surface area contributed by atoms with Gasteiger partial charge in [0, 0.05) is 0 Å². The van der Waals surface area contributed by atoms with Crippen LogP contribution in [0.25, 0.3) is 0 Å². The molecule has 0 bridgehead atoms. The lowest BCUT2D eigenvalue weighted by atomic mass is 10.0. The Balaban J connectivity index is 2.00. The van der Waals surface area contributed by atoms with Crippen LogP contribution in [0, 0.1) is 5.92 Å². The molecule has 0 aromatic heterocycles. The summed E-state index contributed by atoms with van der Waals surface area (Å²) in [5.41, 5.74) is 1.61. The number of hydrogen-bond donors (Lipinski definition) is 0. The van der Waals surface area contributed by atoms with E-state index in [1.807, 2.05) is 0 Å². The maximum absolute atomic E-state index is 2.58. The second kappa shape index (κ2) is 9.20. The SMILES string of the molecule is CC(C1CCCC1P(C(C)(C)C)C(C)(C)C)P(c1ccccc1)c1ccccc1. The Bertz CT molecular complexity index is 701. The molecule has 3 rings (SSSR count). The molecular formula is C27H40P2. The topological polar surface area (TPSA) is 0 Å². The molecule has 0 spiro atoms. The van der Waals surface area contributed by atoms with E-state index >= 15 is 0 Å². The van der Waals surface area contributed by atoms with E-state index in [2.05, 4.69) is 109 Å². The molecule has 1 aliphatic rings. The summed E-state index contributed by atoms with van der Waals surface area (Å²) in [4.78, 5) is 0. The van der Waals surface area contributed by atoms with Gasteiger partial charge in [0.2, 0.25) is 0 Å². The Morgan fingerprint density at radius 1 is 0.724 bits per heavy atom. The van der Waals surface area contributed by atoms with Crippen LogP contribution in [0.2, 0.25) is 0 Å². The summed E-state index contributed by atoms with van der Waals surface area (Å²) in [5, 5.41) is 3.90. The van der Waals surface area contributed by atoms with Gasteiger partial charge in [-0.15, -0.1) is 0 Å². The fraction of sp³-hybridized carbons (Fsp3) is 0.556. The highest BCUT2D eigenvalue weighted by molar-refractivity contribution is 7.73. The van der Waals surface area contributed by atoms with E-state index < -0.39 is 0 Å². The van der Waals surface area contributed by atoms with Crippen LogP contribution in [0.1, 0.15) is 67.7 Å². The van der Waals surface area contributed by atoms with Gasteiger partial charge in [-0.3, -0.25) is 0 Å². The minimum atomic E-state index is -0.336. The van der Waals surface area contributed by atoms with Gasteiger partial charge in [0.15, 0.2) is 0 Å². The first kappa shape index (κ1) is 23.0. The third kappa shape index (κ3) is 5.32. The molecule has 1 aliphatic carbocycles. The summed E-state index contributed by atoms with van der Waals surface area (Å²) in [6, 6.07) is 22.7. The maximum Gasteiger partial charge on any atom is -0.0123 e. The smallest absolute Gasteiger partial charge is 0.0123 e. The summed E-state index contributed by atoms with van der Waals surface area (Å²) in [7, 11) is -0.404. The minimum Gasteiger partial charge on any atom is -0.0921 e. The number of hydrogen-bond acceptors (Lipinski definition) is 0. The van der Waals surface area contributed by atoms with Crippen molar-refractivity contribution < 1.29 is 0 Å². The lowest BCUT2D eigenvalue weighted by Gasteiger charge is -2.49. The highest BCUT2D eigenvalue weighted by Crippen LogP contribution is 2.68. The van der Waals surface area contributed by atoms with Crippen molar-refractivity contribution in [2.75, 3.05) is 0 Å². The van der Waals surface area contributed by atoms with Crippen LogP contribution in [-0.2, 0) is 0 Å². The zero-order valence-corrected chi connectivity index (χ0v) is 21.3. The second-order valence-corrected chi connectivity index (χ2v) is 17.3. The Morgan fingerprint density at radius 3 is 1.59 bits per heavy atom. The van der Waals surface area contributed by atoms with Gasteiger partial charge in [-0.25, -0.2) is 0 Å². The molecule has 29 heavy (non-hydrogen) atoms. The zero-order chi connectivity index (χ0) is 21.2. The molecule has 0 amide bonds. The van der Waals surface area contributed by atoms with Crippen LogP contribution < -0.4 is 10.6 Å². The highest BCUT2D eigenvalue weighted by Gasteiger charge is 2.47. The van der Waals surface area contributed by atoms with E-state index in [4.69, 9.17) is 0 Å². The fourth-order valence-corrected chi connectivity index (χ4v) is 14.2. The van der Waals surface area contributed by atoms with Crippen molar-refractivity contribution in [3.63, 3.8) is 0 Å². The summed E-state index contributed by atoms with van der Waals surface area (Å²) in [6.07, 6.45) is 4.26. The summed E-state index contributed by atoms with van der Waals surface area (Å²) < 4.78 is 0. The first-order valence-corrected chi connectivity index (χ1v) is 14.1. The van der Waals surface area contributed by atoms with Crippen molar-refractivity contribution in [2.24, 2.45) is 5.92 Å². The molecule has 0 heterocycles. The first-order valence-electron chi connectivity index (χ1n) is 11.3. The number of rotatable bonds is 5. The van der Waals surface area contributed by atoms with Gasteiger partial charge in [0.25, 0.3) is 0 Å². The van der Waals surface area contributed by atoms with Crippen LogP contribution in [0.5, 0.6) is 0 Å². The highest BCUT2D eigenvalue weighted by atomic mass is 31.1. The first-order chi connectivity index (χ1) is 13.6. The predicted octanol–water partition coefficient (Wildman–Crippen LogP) is 7.76. The van der Waals surface area contributed by atoms with Gasteiger partial charge in [-0.2, -0.15) is 0 Å². The molecule has 0 aliphatic heterocycles. The van der Waals surface area contributed by atoms with Crippen molar-refractivity contribution >= 4 is 26.5 Å². The van der Waals surface area contributed by atoms with E-state index in [0.29, 0.717) is 10.3 Å². The van der Waals surface area contributed by atoms with Crippen molar-refractivity contribution in [3.8, 4) is 0 Å². The molecule has 3 unspecified atom stereocenters. The average molecular weight is 427 g/mol. The molecule has 0 N–H and O–H groups in total. The third-order valence-corrected chi connectivity index (χ3v) is 13.5. The van der Waals surface area contributed by atoms with Gasteiger partial charge < -0.3 is 0 Å². The molecule has 0 nitrogen and oxygen atoms in total. The van der Waals surface area contributed by atoms with Crippen molar-refractivity contribution in [3.05, 3.63) is 60.7 Å². The zero-order valence-electron chi connectivity index (χ0n) is 19.5. The molecular weight excluding hydrogens is 386 g/mol. The normalized spacial score (nSPS) is 21.7.